The summed E-state index contributed by atoms with van der Waals surface area (Å²) in [7, 11) is 0. The monoisotopic (exact) mass is 201 g/mol. The molecule has 0 aromatic heterocycles. The molecule has 0 unspecified atom stereocenters. The first kappa shape index (κ1) is 10.7. The largest absolute Gasteiger partial charge is 0.359 e. The molecule has 3 nitrogen and oxygen atoms in total. The van der Waals surface area contributed by atoms with Gasteiger partial charge in [0, 0.05) is 19.1 Å². The molecule has 0 amide bonds. The van der Waals surface area contributed by atoms with Gasteiger partial charge in [-0.15, -0.1) is 0 Å². The predicted octanol–water partition coefficient (Wildman–Crippen LogP) is 1.26. The summed E-state index contributed by atoms with van der Waals surface area (Å²) in [6, 6.07) is 0.407. The first-order valence-corrected chi connectivity index (χ1v) is 5.41. The van der Waals surface area contributed by atoms with Crippen LogP contribution in [0.1, 0.15) is 33.1 Å². The molecule has 76 valence electrons. The molecule has 1 aliphatic heterocycles. The van der Waals surface area contributed by atoms with Crippen molar-refractivity contribution in [2.45, 2.75) is 39.2 Å². The zero-order valence-corrected chi connectivity index (χ0v) is 9.28. The molecular weight excluding hydrogens is 182 g/mol. The molecule has 0 atom stereocenters. The Morgan fingerprint density at radius 1 is 1.23 bits per heavy atom. The molecule has 0 bridgehead atoms. The van der Waals surface area contributed by atoms with Gasteiger partial charge in [0.05, 0.1) is 0 Å². The smallest absolute Gasteiger partial charge is 0.181 e. The standard InChI is InChI=1S/C9H19N3S/c1-8(2)10-9(13)11-12-6-4-3-5-7-12/h8H,3-7H2,1-2H3,(H2,10,11,13). The number of piperidine rings is 1. The van der Waals surface area contributed by atoms with E-state index in [0.29, 0.717) is 6.04 Å². The number of thiocarbonyl (C=S) groups is 1. The number of nitrogens with one attached hydrogen (secondary N) is 2. The maximum absolute atomic E-state index is 5.15. The Morgan fingerprint density at radius 2 is 1.85 bits per heavy atom. The second kappa shape index (κ2) is 5.40. The number of hydrogen-bond donors (Lipinski definition) is 2. The summed E-state index contributed by atoms with van der Waals surface area (Å²) in [5, 5.41) is 6.11. The van der Waals surface area contributed by atoms with Crippen LogP contribution in [0.3, 0.4) is 0 Å². The van der Waals surface area contributed by atoms with Gasteiger partial charge >= 0.3 is 0 Å². The van der Waals surface area contributed by atoms with Crippen molar-refractivity contribution >= 4 is 17.3 Å². The van der Waals surface area contributed by atoms with Crippen molar-refractivity contribution in [3.63, 3.8) is 0 Å². The minimum Gasteiger partial charge on any atom is -0.359 e. The molecule has 1 aliphatic rings. The van der Waals surface area contributed by atoms with Gasteiger partial charge in [-0.25, -0.2) is 5.01 Å². The van der Waals surface area contributed by atoms with E-state index < -0.39 is 0 Å². The summed E-state index contributed by atoms with van der Waals surface area (Å²) in [6.07, 6.45) is 3.90. The molecule has 1 saturated heterocycles. The lowest BCUT2D eigenvalue weighted by atomic mass is 10.2. The van der Waals surface area contributed by atoms with E-state index in [-0.39, 0.29) is 0 Å². The van der Waals surface area contributed by atoms with Crippen molar-refractivity contribution in [2.75, 3.05) is 13.1 Å². The molecule has 0 aromatic carbocycles. The molecule has 0 aliphatic carbocycles. The van der Waals surface area contributed by atoms with Crippen LogP contribution in [0.5, 0.6) is 0 Å². The summed E-state index contributed by atoms with van der Waals surface area (Å²) in [6.45, 7) is 6.40. The highest BCUT2D eigenvalue weighted by Crippen LogP contribution is 2.05. The van der Waals surface area contributed by atoms with Crippen LogP contribution in [0.4, 0.5) is 0 Å². The Hall–Kier alpha value is -0.350. The minimum absolute atomic E-state index is 0.407. The average molecular weight is 201 g/mol. The Balaban J connectivity index is 2.18. The molecule has 4 heteroatoms. The molecule has 0 radical (unpaired) electrons. The third-order valence-corrected chi connectivity index (χ3v) is 2.24. The second-order valence-electron chi connectivity index (χ2n) is 3.79. The van der Waals surface area contributed by atoms with Gasteiger partial charge in [-0.3, -0.25) is 5.43 Å². The van der Waals surface area contributed by atoms with Crippen LogP contribution in [0.15, 0.2) is 0 Å². The summed E-state index contributed by atoms with van der Waals surface area (Å²) < 4.78 is 0. The van der Waals surface area contributed by atoms with E-state index in [1.54, 1.807) is 0 Å². The van der Waals surface area contributed by atoms with Gasteiger partial charge in [-0.2, -0.15) is 0 Å². The van der Waals surface area contributed by atoms with Crippen LogP contribution in [0.2, 0.25) is 0 Å². The van der Waals surface area contributed by atoms with Crippen molar-refractivity contribution in [3.05, 3.63) is 0 Å². The molecule has 0 aromatic rings. The van der Waals surface area contributed by atoms with Crippen molar-refractivity contribution in [1.29, 1.82) is 0 Å². The quantitative estimate of drug-likeness (QED) is 0.658. The van der Waals surface area contributed by atoms with Gasteiger partial charge in [-0.05, 0) is 38.9 Å². The predicted molar refractivity (Wildman–Crippen MR) is 59.4 cm³/mol. The fourth-order valence-electron chi connectivity index (χ4n) is 1.44. The fourth-order valence-corrected chi connectivity index (χ4v) is 1.81. The summed E-state index contributed by atoms with van der Waals surface area (Å²) >= 11 is 5.15. The molecule has 1 rings (SSSR count). The summed E-state index contributed by atoms with van der Waals surface area (Å²) in [5.74, 6) is 0. The van der Waals surface area contributed by atoms with E-state index in [4.69, 9.17) is 12.2 Å². The molecule has 0 spiro atoms. The molecule has 13 heavy (non-hydrogen) atoms. The lowest BCUT2D eigenvalue weighted by Gasteiger charge is -2.28. The SMILES string of the molecule is CC(C)NC(=S)NN1CCCCC1. The van der Waals surface area contributed by atoms with E-state index in [9.17, 15) is 0 Å². The number of nitrogens with zero attached hydrogens (tertiary/aromatic N) is 1. The lowest BCUT2D eigenvalue weighted by Crippen LogP contribution is -2.50. The van der Waals surface area contributed by atoms with Crippen LogP contribution < -0.4 is 10.7 Å². The van der Waals surface area contributed by atoms with Crippen molar-refractivity contribution < 1.29 is 0 Å². The third-order valence-electron chi connectivity index (χ3n) is 2.04. The van der Waals surface area contributed by atoms with Crippen molar-refractivity contribution in [1.82, 2.24) is 15.8 Å². The first-order valence-electron chi connectivity index (χ1n) is 5.00. The van der Waals surface area contributed by atoms with Crippen molar-refractivity contribution in [2.24, 2.45) is 0 Å². The van der Waals surface area contributed by atoms with E-state index in [2.05, 4.69) is 29.6 Å². The summed E-state index contributed by atoms with van der Waals surface area (Å²) in [4.78, 5) is 0. The van der Waals surface area contributed by atoms with E-state index in [1.165, 1.54) is 19.3 Å². The number of hydrogen-bond acceptors (Lipinski definition) is 2. The van der Waals surface area contributed by atoms with E-state index >= 15 is 0 Å². The Bertz CT molecular complexity index is 164. The topological polar surface area (TPSA) is 27.3 Å². The molecule has 1 heterocycles. The fraction of sp³-hybridized carbons (Fsp3) is 0.889. The van der Waals surface area contributed by atoms with E-state index in [0.717, 1.165) is 18.2 Å². The minimum atomic E-state index is 0.407. The highest BCUT2D eigenvalue weighted by Gasteiger charge is 2.10. The average Bonchev–Trinajstić information content (AvgIpc) is 2.04. The molecule has 1 fully saturated rings. The number of rotatable bonds is 2. The van der Waals surface area contributed by atoms with Crippen LogP contribution >= 0.6 is 12.2 Å². The molecular formula is C9H19N3S. The zero-order chi connectivity index (χ0) is 9.68. The maximum Gasteiger partial charge on any atom is 0.181 e. The highest BCUT2D eigenvalue weighted by molar-refractivity contribution is 7.80. The first-order chi connectivity index (χ1) is 6.18. The number of hydrazine groups is 1. The highest BCUT2D eigenvalue weighted by atomic mass is 32.1. The van der Waals surface area contributed by atoms with Crippen molar-refractivity contribution in [3.8, 4) is 0 Å². The molecule has 0 saturated carbocycles. The zero-order valence-electron chi connectivity index (χ0n) is 8.47. The Kier molecular flexibility index (Phi) is 4.45. The Morgan fingerprint density at radius 3 is 2.38 bits per heavy atom. The Labute approximate surface area is 85.8 Å². The summed E-state index contributed by atoms with van der Waals surface area (Å²) in [5.41, 5.74) is 3.20. The normalized spacial score (nSPS) is 18.7. The van der Waals surface area contributed by atoms with Gasteiger partial charge in [0.2, 0.25) is 0 Å². The van der Waals surface area contributed by atoms with Gasteiger partial charge in [0.15, 0.2) is 5.11 Å². The molecule has 2 N–H and O–H groups in total. The lowest BCUT2D eigenvalue weighted by molar-refractivity contribution is 0.193. The third kappa shape index (κ3) is 4.43. The maximum atomic E-state index is 5.15. The second-order valence-corrected chi connectivity index (χ2v) is 4.20. The van der Waals surface area contributed by atoms with Gasteiger partial charge in [0.25, 0.3) is 0 Å². The van der Waals surface area contributed by atoms with Gasteiger partial charge in [0.1, 0.15) is 0 Å². The van der Waals surface area contributed by atoms with Crippen LogP contribution in [-0.2, 0) is 0 Å². The van der Waals surface area contributed by atoms with Gasteiger partial charge in [-0.1, -0.05) is 6.42 Å². The van der Waals surface area contributed by atoms with Crippen LogP contribution in [0, 0.1) is 0 Å². The van der Waals surface area contributed by atoms with Gasteiger partial charge < -0.3 is 5.32 Å². The van der Waals surface area contributed by atoms with Crippen LogP contribution in [0.25, 0.3) is 0 Å². The van der Waals surface area contributed by atoms with Crippen LogP contribution in [-0.4, -0.2) is 29.3 Å². The van der Waals surface area contributed by atoms with E-state index in [1.807, 2.05) is 0 Å².